The topological polar surface area (TPSA) is 26.3 Å². The quantitative estimate of drug-likeness (QED) is 0.483. The van der Waals surface area contributed by atoms with E-state index < -0.39 is 11.6 Å². The Morgan fingerprint density at radius 1 is 1.60 bits per heavy atom. The van der Waals surface area contributed by atoms with Crippen molar-refractivity contribution < 1.29 is 13.9 Å². The second-order valence-corrected chi connectivity index (χ2v) is 2.79. The number of ether oxygens (including phenoxy) is 1. The van der Waals surface area contributed by atoms with E-state index >= 15 is 0 Å². The molecule has 1 fully saturated rings. The molecule has 1 atom stereocenters. The van der Waals surface area contributed by atoms with Gasteiger partial charge in [-0.3, -0.25) is 0 Å². The number of halogens is 1. The zero-order valence-corrected chi connectivity index (χ0v) is 6.02. The molecule has 0 spiro atoms. The van der Waals surface area contributed by atoms with Gasteiger partial charge in [0, 0.05) is 0 Å². The number of rotatable bonds is 0. The Labute approximate surface area is 59.4 Å². The van der Waals surface area contributed by atoms with Crippen molar-refractivity contribution in [1.29, 1.82) is 0 Å². The minimum atomic E-state index is -1.74. The lowest BCUT2D eigenvalue weighted by Crippen LogP contribution is -2.30. The highest BCUT2D eigenvalue weighted by Crippen LogP contribution is 2.23. The molecule has 3 heteroatoms. The average Bonchev–Trinajstić information content (AvgIpc) is 1.96. The van der Waals surface area contributed by atoms with Crippen molar-refractivity contribution in [3.8, 4) is 0 Å². The molecule has 0 bridgehead atoms. The monoisotopic (exact) mass is 146 g/mol. The van der Waals surface area contributed by atoms with Gasteiger partial charge < -0.3 is 4.74 Å². The van der Waals surface area contributed by atoms with E-state index in [9.17, 15) is 9.18 Å². The van der Waals surface area contributed by atoms with Crippen LogP contribution in [0.25, 0.3) is 0 Å². The van der Waals surface area contributed by atoms with Crippen molar-refractivity contribution in [2.75, 3.05) is 6.61 Å². The summed E-state index contributed by atoms with van der Waals surface area (Å²) in [5.41, 5.74) is -1.74. The Hall–Kier alpha value is -0.600. The van der Waals surface area contributed by atoms with Crippen LogP contribution in [0, 0.1) is 0 Å². The summed E-state index contributed by atoms with van der Waals surface area (Å²) in [4.78, 5) is 10.7. The molecule has 10 heavy (non-hydrogen) atoms. The van der Waals surface area contributed by atoms with Crippen molar-refractivity contribution in [3.63, 3.8) is 0 Å². The van der Waals surface area contributed by atoms with Crippen LogP contribution in [-0.2, 0) is 9.53 Å². The van der Waals surface area contributed by atoms with Crippen LogP contribution >= 0.6 is 0 Å². The van der Waals surface area contributed by atoms with Crippen LogP contribution in [0.3, 0.4) is 0 Å². The second-order valence-electron chi connectivity index (χ2n) is 2.79. The lowest BCUT2D eigenvalue weighted by molar-refractivity contribution is -0.155. The van der Waals surface area contributed by atoms with Gasteiger partial charge in [0.15, 0.2) is 0 Å². The number of alkyl halides is 1. The maximum Gasteiger partial charge on any atom is 0.343 e. The van der Waals surface area contributed by atoms with E-state index in [1.807, 2.05) is 0 Å². The highest BCUT2D eigenvalue weighted by Gasteiger charge is 2.35. The first-order valence-electron chi connectivity index (χ1n) is 3.49. The first-order chi connectivity index (χ1) is 4.63. The molecule has 58 valence electrons. The number of hydrogen-bond acceptors (Lipinski definition) is 2. The van der Waals surface area contributed by atoms with Crippen LogP contribution in [-0.4, -0.2) is 18.2 Å². The third-order valence-corrected chi connectivity index (χ3v) is 1.70. The predicted molar refractivity (Wildman–Crippen MR) is 34.3 cm³/mol. The van der Waals surface area contributed by atoms with Crippen LogP contribution < -0.4 is 0 Å². The lowest BCUT2D eigenvalue weighted by atomic mass is 10.0. The number of carbonyl (C=O) groups excluding carboxylic acids is 1. The Bertz CT molecular complexity index is 143. The molecule has 0 N–H and O–H groups in total. The number of carbonyl (C=O) groups is 1. The van der Waals surface area contributed by atoms with E-state index in [1.165, 1.54) is 6.92 Å². The largest absolute Gasteiger partial charge is 0.463 e. The van der Waals surface area contributed by atoms with Gasteiger partial charge in [0.25, 0.3) is 0 Å². The van der Waals surface area contributed by atoms with E-state index in [1.54, 1.807) is 0 Å². The van der Waals surface area contributed by atoms with Gasteiger partial charge >= 0.3 is 5.97 Å². The number of cyclic esters (lactones) is 1. The lowest BCUT2D eigenvalue weighted by Gasteiger charge is -2.13. The van der Waals surface area contributed by atoms with Gasteiger partial charge in [0.05, 0.1) is 6.61 Å². The Kier molecular flexibility index (Phi) is 1.92. The summed E-state index contributed by atoms with van der Waals surface area (Å²) in [6, 6.07) is 0. The van der Waals surface area contributed by atoms with E-state index in [2.05, 4.69) is 4.74 Å². The summed E-state index contributed by atoms with van der Waals surface area (Å²) in [6.07, 6.45) is 1.82. The summed E-state index contributed by atoms with van der Waals surface area (Å²) < 4.78 is 17.7. The van der Waals surface area contributed by atoms with Gasteiger partial charge in [-0.2, -0.15) is 0 Å². The van der Waals surface area contributed by atoms with Crippen LogP contribution in [0.2, 0.25) is 0 Å². The maximum absolute atomic E-state index is 13.1. The fourth-order valence-electron chi connectivity index (χ4n) is 0.976. The summed E-state index contributed by atoms with van der Waals surface area (Å²) in [7, 11) is 0. The van der Waals surface area contributed by atoms with E-state index in [4.69, 9.17) is 0 Å². The van der Waals surface area contributed by atoms with Crippen molar-refractivity contribution >= 4 is 5.97 Å². The summed E-state index contributed by atoms with van der Waals surface area (Å²) in [5.74, 6) is -0.704. The third-order valence-electron chi connectivity index (χ3n) is 1.70. The SMILES string of the molecule is CC1(F)CCCCOC1=O. The molecule has 1 heterocycles. The standard InChI is InChI=1S/C7H11FO2/c1-7(8)4-2-3-5-10-6(7)9/h2-5H2,1H3. The van der Waals surface area contributed by atoms with E-state index in [0.717, 1.165) is 12.8 Å². The normalized spacial score (nSPS) is 34.8. The number of esters is 1. The third kappa shape index (κ3) is 1.46. The Morgan fingerprint density at radius 3 is 3.00 bits per heavy atom. The van der Waals surface area contributed by atoms with Gasteiger partial charge in [0.1, 0.15) is 0 Å². The highest BCUT2D eigenvalue weighted by molar-refractivity contribution is 5.79. The van der Waals surface area contributed by atoms with Crippen LogP contribution in [0.4, 0.5) is 4.39 Å². The van der Waals surface area contributed by atoms with E-state index in [-0.39, 0.29) is 0 Å². The Morgan fingerprint density at radius 2 is 2.30 bits per heavy atom. The van der Waals surface area contributed by atoms with Gasteiger partial charge in [0.2, 0.25) is 5.67 Å². The molecule has 0 aromatic rings. The average molecular weight is 146 g/mol. The van der Waals surface area contributed by atoms with Gasteiger partial charge in [-0.1, -0.05) is 0 Å². The maximum atomic E-state index is 13.1. The molecule has 2 nitrogen and oxygen atoms in total. The molecule has 0 aromatic heterocycles. The first-order valence-corrected chi connectivity index (χ1v) is 3.49. The zero-order valence-electron chi connectivity index (χ0n) is 6.02. The molecule has 0 amide bonds. The predicted octanol–water partition coefficient (Wildman–Crippen LogP) is 1.44. The van der Waals surface area contributed by atoms with Crippen LogP contribution in [0.1, 0.15) is 26.2 Å². The van der Waals surface area contributed by atoms with Crippen LogP contribution in [0.5, 0.6) is 0 Å². The molecule has 0 aromatic carbocycles. The molecule has 1 unspecified atom stereocenters. The van der Waals surface area contributed by atoms with Crippen molar-refractivity contribution in [1.82, 2.24) is 0 Å². The van der Waals surface area contributed by atoms with Crippen molar-refractivity contribution in [2.24, 2.45) is 0 Å². The molecule has 1 aliphatic rings. The minimum Gasteiger partial charge on any atom is -0.463 e. The minimum absolute atomic E-state index is 0.297. The molecular weight excluding hydrogens is 135 g/mol. The molecule has 1 rings (SSSR count). The van der Waals surface area contributed by atoms with Crippen molar-refractivity contribution in [2.45, 2.75) is 31.9 Å². The Balaban J connectivity index is 2.61. The molecular formula is C7H11FO2. The molecule has 0 saturated carbocycles. The van der Waals surface area contributed by atoms with E-state index in [0.29, 0.717) is 13.0 Å². The summed E-state index contributed by atoms with van der Waals surface area (Å²) in [6.45, 7) is 1.65. The van der Waals surface area contributed by atoms with Gasteiger partial charge in [-0.15, -0.1) is 0 Å². The highest BCUT2D eigenvalue weighted by atomic mass is 19.1. The fraction of sp³-hybridized carbons (Fsp3) is 0.857. The summed E-state index contributed by atoms with van der Waals surface area (Å²) in [5, 5.41) is 0. The number of hydrogen-bond donors (Lipinski definition) is 0. The molecule has 0 radical (unpaired) electrons. The molecule has 1 aliphatic heterocycles. The van der Waals surface area contributed by atoms with Crippen molar-refractivity contribution in [3.05, 3.63) is 0 Å². The smallest absolute Gasteiger partial charge is 0.343 e. The first kappa shape index (κ1) is 7.51. The van der Waals surface area contributed by atoms with Gasteiger partial charge in [-0.05, 0) is 26.2 Å². The zero-order chi connectivity index (χ0) is 7.61. The van der Waals surface area contributed by atoms with Crippen LogP contribution in [0.15, 0.2) is 0 Å². The fourth-order valence-corrected chi connectivity index (χ4v) is 0.976. The molecule has 1 saturated heterocycles. The molecule has 0 aliphatic carbocycles. The second kappa shape index (κ2) is 2.56. The van der Waals surface area contributed by atoms with Gasteiger partial charge in [-0.25, -0.2) is 9.18 Å². The summed E-state index contributed by atoms with van der Waals surface area (Å²) >= 11 is 0.